The molecule has 2 heterocycles. The maximum absolute atomic E-state index is 12.6. The van der Waals surface area contributed by atoms with E-state index < -0.39 is 35.1 Å². The number of likely N-dealkylation sites (tertiary alicyclic amines) is 1. The zero-order valence-electron chi connectivity index (χ0n) is 19.9. The molecular formula is C26H33N2O7+. The van der Waals surface area contributed by atoms with Gasteiger partial charge in [0.25, 0.3) is 0 Å². The van der Waals surface area contributed by atoms with E-state index in [1.54, 1.807) is 6.07 Å². The summed E-state index contributed by atoms with van der Waals surface area (Å²) in [5.74, 6) is -1.09. The number of hydrogen-bond acceptors (Lipinski definition) is 6. The van der Waals surface area contributed by atoms with Gasteiger partial charge in [0.15, 0.2) is 17.6 Å². The topological polar surface area (TPSA) is 136 Å². The highest BCUT2D eigenvalue weighted by Gasteiger charge is 2.75. The lowest BCUT2D eigenvalue weighted by Crippen LogP contribution is -2.80. The first-order valence-corrected chi connectivity index (χ1v) is 12.6. The van der Waals surface area contributed by atoms with Crippen molar-refractivity contribution < 1.29 is 39.2 Å². The Kier molecular flexibility index (Phi) is 4.77. The molecule has 1 saturated carbocycles. The number of carbonyl (C=O) groups is 2. The Bertz CT molecular complexity index is 1150. The number of aromatic hydroxyl groups is 1. The molecule has 1 aromatic rings. The molecule has 9 nitrogen and oxygen atoms in total. The van der Waals surface area contributed by atoms with Gasteiger partial charge in [-0.15, -0.1) is 0 Å². The summed E-state index contributed by atoms with van der Waals surface area (Å²) >= 11 is 0. The van der Waals surface area contributed by atoms with Crippen LogP contribution in [0.25, 0.3) is 0 Å². The van der Waals surface area contributed by atoms with Gasteiger partial charge in [0.2, 0.25) is 0 Å². The van der Waals surface area contributed by atoms with Crippen molar-refractivity contribution in [1.82, 2.24) is 5.32 Å². The minimum atomic E-state index is -1.14. The molecule has 6 atom stereocenters. The summed E-state index contributed by atoms with van der Waals surface area (Å²) in [5.41, 5.74) is 0.595. The average molecular weight is 486 g/mol. The third kappa shape index (κ3) is 3.07. The van der Waals surface area contributed by atoms with Crippen molar-refractivity contribution in [1.29, 1.82) is 0 Å². The van der Waals surface area contributed by atoms with E-state index in [-0.39, 0.29) is 24.6 Å². The Labute approximate surface area is 203 Å². The van der Waals surface area contributed by atoms with Crippen LogP contribution in [0.1, 0.15) is 49.7 Å². The van der Waals surface area contributed by atoms with E-state index >= 15 is 0 Å². The van der Waals surface area contributed by atoms with Gasteiger partial charge in [-0.05, 0) is 30.9 Å². The number of rotatable bonds is 8. The first-order chi connectivity index (χ1) is 16.6. The number of piperidine rings is 1. The van der Waals surface area contributed by atoms with Crippen molar-refractivity contribution in [2.24, 2.45) is 5.92 Å². The second kappa shape index (κ2) is 7.36. The van der Waals surface area contributed by atoms with Crippen molar-refractivity contribution in [3.8, 4) is 11.5 Å². The van der Waals surface area contributed by atoms with Crippen LogP contribution in [0, 0.1) is 5.92 Å². The van der Waals surface area contributed by atoms with Crippen molar-refractivity contribution in [3.05, 3.63) is 35.0 Å². The molecule has 0 amide bonds. The number of aliphatic hydroxyl groups is 1. The second-order valence-corrected chi connectivity index (χ2v) is 11.5. The molecular weight excluding hydrogens is 452 g/mol. The van der Waals surface area contributed by atoms with Gasteiger partial charge in [-0.2, -0.15) is 0 Å². The van der Waals surface area contributed by atoms with E-state index in [2.05, 4.69) is 12.4 Å². The number of quaternary nitrogens is 1. The SMILES string of the molecule is C[N@+]1(CC2CC2)CC[C@]23c4c5ccc(O)c4O[C@H]2C(N[C@@H](CCC(=O)O)C(=O)O)=CC[C@@]3(O)[C@@H]1C5. The van der Waals surface area contributed by atoms with E-state index in [1.807, 2.05) is 12.1 Å². The first kappa shape index (κ1) is 22.7. The van der Waals surface area contributed by atoms with E-state index in [4.69, 9.17) is 9.84 Å². The van der Waals surface area contributed by atoms with Gasteiger partial charge < -0.3 is 35.0 Å². The lowest BCUT2D eigenvalue weighted by molar-refractivity contribution is -0.950. The number of nitrogens with zero attached hydrogens (tertiary/aromatic N) is 1. The number of ether oxygens (including phenoxy) is 1. The number of carboxylic acids is 2. The number of likely N-dealkylation sites (N-methyl/N-ethyl adjacent to an activating group) is 1. The van der Waals surface area contributed by atoms with Gasteiger partial charge in [-0.3, -0.25) is 4.79 Å². The van der Waals surface area contributed by atoms with E-state index in [0.717, 1.165) is 28.7 Å². The molecule has 2 bridgehead atoms. The van der Waals surface area contributed by atoms with Gasteiger partial charge in [-0.25, -0.2) is 4.79 Å². The van der Waals surface area contributed by atoms with Crippen molar-refractivity contribution in [3.63, 3.8) is 0 Å². The number of benzene rings is 1. The smallest absolute Gasteiger partial charge is 0.326 e. The molecule has 188 valence electrons. The fourth-order valence-electron chi connectivity index (χ4n) is 7.64. The molecule has 0 unspecified atom stereocenters. The number of aliphatic carboxylic acids is 2. The minimum Gasteiger partial charge on any atom is -0.504 e. The monoisotopic (exact) mass is 485 g/mol. The van der Waals surface area contributed by atoms with Gasteiger partial charge in [-0.1, -0.05) is 12.1 Å². The number of phenols is 1. The molecule has 1 spiro atoms. The quantitative estimate of drug-likeness (QED) is 0.350. The maximum atomic E-state index is 12.6. The number of phenolic OH excluding ortho intramolecular Hbond substituents is 1. The van der Waals surface area contributed by atoms with Crippen LogP contribution in [-0.2, 0) is 21.4 Å². The van der Waals surface area contributed by atoms with E-state index in [1.165, 1.54) is 12.8 Å². The third-order valence-corrected chi connectivity index (χ3v) is 9.43. The Balaban J connectivity index is 1.44. The summed E-state index contributed by atoms with van der Waals surface area (Å²) in [4.78, 5) is 23.0. The Hall–Kier alpha value is -2.78. The fraction of sp³-hybridized carbons (Fsp3) is 0.615. The maximum Gasteiger partial charge on any atom is 0.326 e. The molecule has 6 rings (SSSR count). The van der Waals surface area contributed by atoms with E-state index in [0.29, 0.717) is 36.6 Å². The van der Waals surface area contributed by atoms with Gasteiger partial charge in [0.05, 0.1) is 25.6 Å². The minimum absolute atomic E-state index is 0.0224. The standard InChI is InChI=1S/C26H32N2O7/c1-28(13-14-2-3-14)11-10-25-21-15-4-6-18(29)22(21)35-23(25)16(8-9-26(25,34)19(28)12-15)27-17(24(32)33)5-7-20(30)31/h4,6,8,14,17,19,23,27,34H,2-3,5,7,9-13H2,1H3,(H2-,29,30,31,32,33)/p+1/t17-,19-,23-,25-,26+,28+/m0/s1. The highest BCUT2D eigenvalue weighted by Crippen LogP contribution is 2.66. The van der Waals surface area contributed by atoms with Crippen molar-refractivity contribution >= 4 is 11.9 Å². The fourth-order valence-corrected chi connectivity index (χ4v) is 7.64. The van der Waals surface area contributed by atoms with Crippen LogP contribution in [0.15, 0.2) is 23.9 Å². The van der Waals surface area contributed by atoms with Crippen LogP contribution in [0.3, 0.4) is 0 Å². The molecule has 2 aliphatic heterocycles. The molecule has 5 N–H and O–H groups in total. The average Bonchev–Trinajstić information content (AvgIpc) is 3.52. The normalized spacial score (nSPS) is 37.0. The summed E-state index contributed by atoms with van der Waals surface area (Å²) in [5, 5.41) is 45.1. The second-order valence-electron chi connectivity index (χ2n) is 11.5. The summed E-state index contributed by atoms with van der Waals surface area (Å²) in [7, 11) is 2.26. The van der Waals surface area contributed by atoms with Crippen molar-refractivity contribution in [2.45, 2.75) is 74.1 Å². The van der Waals surface area contributed by atoms with Gasteiger partial charge in [0, 0.05) is 42.9 Å². The number of hydrogen-bond donors (Lipinski definition) is 5. The molecule has 35 heavy (non-hydrogen) atoms. The van der Waals surface area contributed by atoms with Gasteiger partial charge >= 0.3 is 11.9 Å². The highest BCUT2D eigenvalue weighted by atomic mass is 16.5. The molecule has 1 saturated heterocycles. The van der Waals surface area contributed by atoms with Crippen LogP contribution in [0.2, 0.25) is 0 Å². The van der Waals surface area contributed by atoms with Crippen LogP contribution < -0.4 is 10.1 Å². The molecule has 0 aromatic heterocycles. The molecule has 9 heteroatoms. The predicted octanol–water partition coefficient (Wildman–Crippen LogP) is 1.50. The summed E-state index contributed by atoms with van der Waals surface area (Å²) < 4.78 is 7.20. The van der Waals surface area contributed by atoms with Crippen LogP contribution in [0.4, 0.5) is 0 Å². The Morgan fingerprint density at radius 2 is 2.06 bits per heavy atom. The largest absolute Gasteiger partial charge is 0.504 e. The lowest BCUT2D eigenvalue weighted by Gasteiger charge is -2.64. The molecule has 5 aliphatic rings. The first-order valence-electron chi connectivity index (χ1n) is 12.6. The number of carboxylic acid groups (broad SMARTS) is 2. The molecule has 1 aromatic carbocycles. The zero-order valence-corrected chi connectivity index (χ0v) is 19.9. The number of nitrogens with one attached hydrogen (secondary N) is 1. The molecule has 2 fully saturated rings. The summed E-state index contributed by atoms with van der Waals surface area (Å²) in [6.45, 7) is 1.91. The van der Waals surface area contributed by atoms with E-state index in [9.17, 15) is 24.9 Å². The van der Waals surface area contributed by atoms with Crippen molar-refractivity contribution in [2.75, 3.05) is 20.1 Å². The van der Waals surface area contributed by atoms with Crippen LogP contribution in [0.5, 0.6) is 11.5 Å². The van der Waals surface area contributed by atoms with Crippen LogP contribution >= 0.6 is 0 Å². The van der Waals surface area contributed by atoms with Gasteiger partial charge in [0.1, 0.15) is 17.7 Å². The lowest BCUT2D eigenvalue weighted by atomic mass is 9.49. The summed E-state index contributed by atoms with van der Waals surface area (Å²) in [6, 6.07) is 2.46. The third-order valence-electron chi connectivity index (χ3n) is 9.43. The Morgan fingerprint density at radius 1 is 1.29 bits per heavy atom. The van der Waals surface area contributed by atoms with Crippen LogP contribution in [-0.4, -0.2) is 80.8 Å². The highest BCUT2D eigenvalue weighted by molar-refractivity contribution is 5.75. The molecule has 3 aliphatic carbocycles. The Morgan fingerprint density at radius 3 is 2.74 bits per heavy atom. The predicted molar refractivity (Wildman–Crippen MR) is 124 cm³/mol. The summed E-state index contributed by atoms with van der Waals surface area (Å²) in [6.07, 6.45) is 5.00. The molecule has 0 radical (unpaired) electrons. The zero-order chi connectivity index (χ0) is 24.8.